The highest BCUT2D eigenvalue weighted by Crippen LogP contribution is 2.31. The second-order valence-corrected chi connectivity index (χ2v) is 8.22. The highest BCUT2D eigenvalue weighted by Gasteiger charge is 2.25. The molecule has 6 rings (SSSR count). The summed E-state index contributed by atoms with van der Waals surface area (Å²) < 4.78 is 7.04. The highest BCUT2D eigenvalue weighted by atomic mass is 16.5. The van der Waals surface area contributed by atoms with Crippen LogP contribution < -0.4 is 4.74 Å². The Morgan fingerprint density at radius 1 is 1.00 bits per heavy atom. The van der Waals surface area contributed by atoms with Gasteiger partial charge in [0.25, 0.3) is 0 Å². The summed E-state index contributed by atoms with van der Waals surface area (Å²) in [4.78, 5) is 17.3. The van der Waals surface area contributed by atoms with E-state index < -0.39 is 0 Å². The third-order valence-corrected chi connectivity index (χ3v) is 6.15. The molecule has 6 heteroatoms. The third kappa shape index (κ3) is 3.46. The molecule has 0 saturated carbocycles. The number of Topliss-reactive ketones (excluding diaryl/α,β-unsaturated/α-hetero) is 1. The Kier molecular flexibility index (Phi) is 4.77. The van der Waals surface area contributed by atoms with Crippen LogP contribution in [-0.4, -0.2) is 32.9 Å². The molecule has 2 heterocycles. The average Bonchev–Trinajstić information content (AvgIpc) is 3.49. The number of para-hydroxylation sites is 1. The number of carbonyl (C=O) groups is 1. The minimum absolute atomic E-state index is 0.0606. The molecule has 0 radical (unpaired) electrons. The molecule has 0 spiro atoms. The maximum atomic E-state index is 12.8. The maximum absolute atomic E-state index is 12.8. The molecule has 1 aliphatic carbocycles. The number of hydrogen-bond acceptors (Lipinski definition) is 5. The van der Waals surface area contributed by atoms with Gasteiger partial charge in [0.2, 0.25) is 0 Å². The Morgan fingerprint density at radius 2 is 1.85 bits per heavy atom. The van der Waals surface area contributed by atoms with Crippen LogP contribution in [0.2, 0.25) is 0 Å². The van der Waals surface area contributed by atoms with Crippen LogP contribution in [-0.2, 0) is 6.42 Å². The molecule has 0 amide bonds. The van der Waals surface area contributed by atoms with Gasteiger partial charge in [-0.15, -0.1) is 5.10 Å². The van der Waals surface area contributed by atoms with E-state index in [-0.39, 0.29) is 5.78 Å². The first-order valence-electron chi connectivity index (χ1n) is 11.0. The molecule has 5 aromatic rings. The lowest BCUT2D eigenvalue weighted by Gasteiger charge is -2.04. The molecule has 0 bridgehead atoms. The van der Waals surface area contributed by atoms with E-state index in [4.69, 9.17) is 4.74 Å². The number of allylic oxidation sites excluding steroid dienone is 1. The van der Waals surface area contributed by atoms with Gasteiger partial charge in [0, 0.05) is 34.7 Å². The van der Waals surface area contributed by atoms with Crippen LogP contribution >= 0.6 is 0 Å². The Balaban J connectivity index is 1.26. The molecule has 34 heavy (non-hydrogen) atoms. The van der Waals surface area contributed by atoms with Gasteiger partial charge in [0.05, 0.1) is 24.5 Å². The van der Waals surface area contributed by atoms with Gasteiger partial charge >= 0.3 is 0 Å². The van der Waals surface area contributed by atoms with E-state index in [9.17, 15) is 4.79 Å². The molecule has 0 aliphatic heterocycles. The van der Waals surface area contributed by atoms with Crippen molar-refractivity contribution < 1.29 is 9.53 Å². The second-order valence-electron chi connectivity index (χ2n) is 8.22. The molecular formula is C28H20N4O2. The SMILES string of the molecule is COc1ccc2c(c1)C(=O)/C(=C/c1ccc(-c3cn(-c4ccnc5ccccc45)nn3)cc1)C2. The van der Waals surface area contributed by atoms with Gasteiger partial charge in [0.1, 0.15) is 11.4 Å². The maximum Gasteiger partial charge on any atom is 0.189 e. The molecule has 0 fully saturated rings. The lowest BCUT2D eigenvalue weighted by molar-refractivity contribution is 0.104. The fourth-order valence-corrected chi connectivity index (χ4v) is 4.37. The summed E-state index contributed by atoms with van der Waals surface area (Å²) in [5.41, 5.74) is 7.09. The van der Waals surface area contributed by atoms with Crippen molar-refractivity contribution >= 4 is 22.8 Å². The normalized spacial score (nSPS) is 14.0. The summed E-state index contributed by atoms with van der Waals surface area (Å²) in [6.07, 6.45) is 6.28. The molecule has 0 unspecified atom stereocenters. The van der Waals surface area contributed by atoms with Crippen LogP contribution in [0.1, 0.15) is 21.5 Å². The zero-order valence-electron chi connectivity index (χ0n) is 18.5. The lowest BCUT2D eigenvalue weighted by atomic mass is 10.1. The molecule has 164 valence electrons. The van der Waals surface area contributed by atoms with Crippen molar-refractivity contribution in [3.8, 4) is 22.7 Å². The van der Waals surface area contributed by atoms with Gasteiger partial charge in [0.15, 0.2) is 5.78 Å². The number of hydrogen-bond donors (Lipinski definition) is 0. The van der Waals surface area contributed by atoms with E-state index in [1.165, 1.54) is 0 Å². The summed E-state index contributed by atoms with van der Waals surface area (Å²) in [6.45, 7) is 0. The van der Waals surface area contributed by atoms with E-state index in [1.54, 1.807) is 18.0 Å². The van der Waals surface area contributed by atoms with Gasteiger partial charge in [-0.25, -0.2) is 4.68 Å². The molecule has 6 nitrogen and oxygen atoms in total. The van der Waals surface area contributed by atoms with Crippen LogP contribution in [0.3, 0.4) is 0 Å². The van der Waals surface area contributed by atoms with Crippen LogP contribution in [0.5, 0.6) is 5.75 Å². The number of ketones is 1. The van der Waals surface area contributed by atoms with Gasteiger partial charge < -0.3 is 4.74 Å². The Labute approximate surface area is 196 Å². The molecule has 0 atom stereocenters. The lowest BCUT2D eigenvalue weighted by Crippen LogP contribution is -1.96. The Morgan fingerprint density at radius 3 is 2.71 bits per heavy atom. The molecular weight excluding hydrogens is 424 g/mol. The average molecular weight is 444 g/mol. The number of pyridine rings is 1. The molecule has 3 aromatic carbocycles. The number of carbonyl (C=O) groups excluding carboxylic acids is 1. The van der Waals surface area contributed by atoms with Gasteiger partial charge in [-0.05, 0) is 41.5 Å². The third-order valence-electron chi connectivity index (χ3n) is 6.15. The Hall–Kier alpha value is -4.58. The predicted octanol–water partition coefficient (Wildman–Crippen LogP) is 5.31. The number of ether oxygens (including phenoxy) is 1. The van der Waals surface area contributed by atoms with Crippen molar-refractivity contribution in [3.05, 3.63) is 107 Å². The fourth-order valence-electron chi connectivity index (χ4n) is 4.37. The zero-order chi connectivity index (χ0) is 23.1. The fraction of sp³-hybridized carbons (Fsp3) is 0.0714. The molecule has 1 aliphatic rings. The van der Waals surface area contributed by atoms with Crippen molar-refractivity contribution in [2.24, 2.45) is 0 Å². The number of aromatic nitrogens is 4. The van der Waals surface area contributed by atoms with E-state index in [2.05, 4.69) is 15.3 Å². The largest absolute Gasteiger partial charge is 0.497 e. The van der Waals surface area contributed by atoms with Crippen molar-refractivity contribution in [1.29, 1.82) is 0 Å². The Bertz CT molecular complexity index is 1580. The first-order valence-corrected chi connectivity index (χ1v) is 11.0. The van der Waals surface area contributed by atoms with E-state index >= 15 is 0 Å². The second kappa shape index (κ2) is 8.08. The van der Waals surface area contributed by atoms with Crippen LogP contribution in [0, 0.1) is 0 Å². The molecule has 2 aromatic heterocycles. The summed E-state index contributed by atoms with van der Waals surface area (Å²) in [6, 6.07) is 23.6. The van der Waals surface area contributed by atoms with Gasteiger partial charge in [-0.3, -0.25) is 9.78 Å². The number of methoxy groups -OCH3 is 1. The van der Waals surface area contributed by atoms with Crippen molar-refractivity contribution in [3.63, 3.8) is 0 Å². The van der Waals surface area contributed by atoms with Crippen LogP contribution in [0.15, 0.2) is 90.8 Å². The monoisotopic (exact) mass is 444 g/mol. The minimum Gasteiger partial charge on any atom is -0.497 e. The number of fused-ring (bicyclic) bond motifs is 2. The smallest absolute Gasteiger partial charge is 0.189 e. The van der Waals surface area contributed by atoms with Crippen molar-refractivity contribution in [2.45, 2.75) is 6.42 Å². The van der Waals surface area contributed by atoms with E-state index in [0.717, 1.165) is 50.1 Å². The zero-order valence-corrected chi connectivity index (χ0v) is 18.5. The van der Waals surface area contributed by atoms with Crippen LogP contribution in [0.4, 0.5) is 0 Å². The quantitative estimate of drug-likeness (QED) is 0.351. The van der Waals surface area contributed by atoms with Crippen LogP contribution in [0.25, 0.3) is 33.9 Å². The summed E-state index contributed by atoms with van der Waals surface area (Å²) in [7, 11) is 1.61. The first kappa shape index (κ1) is 20.1. The van der Waals surface area contributed by atoms with E-state index in [1.807, 2.05) is 85.1 Å². The van der Waals surface area contributed by atoms with Crippen molar-refractivity contribution in [2.75, 3.05) is 7.11 Å². The van der Waals surface area contributed by atoms with Gasteiger partial charge in [-0.2, -0.15) is 0 Å². The first-order chi connectivity index (χ1) is 16.7. The standard InChI is InChI=1S/C28H20N4O2/c1-34-22-11-10-20-15-21(28(33)24(20)16-22)14-18-6-8-19(9-7-18)26-17-32(31-30-26)27-12-13-29-25-5-3-2-4-23(25)27/h2-14,16-17H,15H2,1H3/b21-14+. The topological polar surface area (TPSA) is 69.9 Å². The number of rotatable bonds is 4. The minimum atomic E-state index is 0.0606. The molecule has 0 N–H and O–H groups in total. The van der Waals surface area contributed by atoms with Gasteiger partial charge in [-0.1, -0.05) is 53.7 Å². The summed E-state index contributed by atoms with van der Waals surface area (Å²) >= 11 is 0. The molecule has 0 saturated heterocycles. The van der Waals surface area contributed by atoms with E-state index in [0.29, 0.717) is 12.2 Å². The predicted molar refractivity (Wildman–Crippen MR) is 131 cm³/mol. The van der Waals surface area contributed by atoms with Crippen molar-refractivity contribution in [1.82, 2.24) is 20.0 Å². The highest BCUT2D eigenvalue weighted by molar-refractivity contribution is 6.15. The number of benzene rings is 3. The number of nitrogens with zero attached hydrogens (tertiary/aromatic N) is 4. The summed E-state index contributed by atoms with van der Waals surface area (Å²) in [5.74, 6) is 0.760. The summed E-state index contributed by atoms with van der Waals surface area (Å²) in [5, 5.41) is 9.72.